The van der Waals surface area contributed by atoms with Crippen LogP contribution in [-0.2, 0) is 11.3 Å². The zero-order valence-corrected chi connectivity index (χ0v) is 6.84. The number of azide groups is 1. The van der Waals surface area contributed by atoms with E-state index >= 15 is 0 Å². The minimum Gasteiger partial charge on any atom is -0.329 e. The third kappa shape index (κ3) is 2.84. The normalized spacial score (nSPS) is 8.62. The second-order valence-electron chi connectivity index (χ2n) is 2.35. The van der Waals surface area contributed by atoms with E-state index in [-0.39, 0.29) is 0 Å². The zero-order chi connectivity index (χ0) is 9.52. The van der Waals surface area contributed by atoms with Crippen molar-refractivity contribution >= 4 is 12.1 Å². The molecule has 0 radical (unpaired) electrons. The van der Waals surface area contributed by atoms with E-state index in [9.17, 15) is 4.79 Å². The molecule has 0 saturated carbocycles. The minimum atomic E-state index is 0.297. The maximum Gasteiger partial charge on any atom is 0.211 e. The summed E-state index contributed by atoms with van der Waals surface area (Å²) in [6, 6.07) is 7.12. The van der Waals surface area contributed by atoms with Gasteiger partial charge in [0.2, 0.25) is 6.41 Å². The van der Waals surface area contributed by atoms with Gasteiger partial charge >= 0.3 is 0 Å². The third-order valence-corrected chi connectivity index (χ3v) is 1.47. The molecule has 0 spiro atoms. The van der Waals surface area contributed by atoms with Crippen LogP contribution in [0.15, 0.2) is 29.4 Å². The van der Waals surface area contributed by atoms with Crippen molar-refractivity contribution in [3.05, 3.63) is 40.3 Å². The molecule has 0 fully saturated rings. The van der Waals surface area contributed by atoms with Gasteiger partial charge < -0.3 is 5.32 Å². The van der Waals surface area contributed by atoms with Gasteiger partial charge in [-0.3, -0.25) is 4.79 Å². The van der Waals surface area contributed by atoms with Crippen LogP contribution in [0.5, 0.6) is 0 Å². The summed E-state index contributed by atoms with van der Waals surface area (Å²) in [6.45, 7) is 0.297. The Kier molecular flexibility index (Phi) is 3.35. The van der Waals surface area contributed by atoms with Gasteiger partial charge in [-0.2, -0.15) is 0 Å². The van der Waals surface area contributed by atoms with E-state index in [2.05, 4.69) is 15.3 Å². The first-order valence-electron chi connectivity index (χ1n) is 3.67. The fraction of sp³-hybridized carbons (Fsp3) is 0.125. The van der Waals surface area contributed by atoms with Gasteiger partial charge in [0.25, 0.3) is 0 Å². The van der Waals surface area contributed by atoms with Gasteiger partial charge in [-0.15, -0.1) is 0 Å². The highest BCUT2D eigenvalue weighted by molar-refractivity contribution is 5.71. The van der Waals surface area contributed by atoms with Crippen LogP contribution >= 0.6 is 0 Å². The molecule has 1 N–H and O–H groups in total. The highest BCUT2D eigenvalue weighted by Gasteiger charge is 1.92. The summed E-state index contributed by atoms with van der Waals surface area (Å²) >= 11 is 0. The monoisotopic (exact) mass is 176 g/mol. The number of hydrogen-bond donors (Lipinski definition) is 1. The van der Waals surface area contributed by atoms with Crippen LogP contribution in [-0.4, -0.2) is 6.41 Å². The Labute approximate surface area is 75.0 Å². The lowest BCUT2D eigenvalue weighted by Gasteiger charge is -2.00. The summed E-state index contributed by atoms with van der Waals surface area (Å²) < 4.78 is 0. The van der Waals surface area contributed by atoms with E-state index < -0.39 is 0 Å². The number of carbonyl (C=O) groups excluding carboxylic acids is 1. The Balaban J connectivity index is 2.78. The van der Waals surface area contributed by atoms with Crippen molar-refractivity contribution in [2.24, 2.45) is 5.11 Å². The van der Waals surface area contributed by atoms with Crippen LogP contribution in [0, 0.1) is 0 Å². The molecule has 0 saturated heterocycles. The highest BCUT2D eigenvalue weighted by atomic mass is 16.1. The molecule has 1 rings (SSSR count). The predicted octanol–water partition coefficient (Wildman–Crippen LogP) is 2.07. The molecule has 66 valence electrons. The lowest BCUT2D eigenvalue weighted by molar-refractivity contribution is -0.105. The predicted molar refractivity (Wildman–Crippen MR) is 49.0 cm³/mol. The average Bonchev–Trinajstić information content (AvgIpc) is 2.16. The number of carbonyl (C=O) groups is 1. The molecular formula is C8H8N4O. The first-order chi connectivity index (χ1) is 6.36. The van der Waals surface area contributed by atoms with Crippen LogP contribution < -0.4 is 5.32 Å². The molecule has 1 amide bonds. The van der Waals surface area contributed by atoms with E-state index in [1.54, 1.807) is 18.2 Å². The van der Waals surface area contributed by atoms with Crippen molar-refractivity contribution in [1.82, 2.24) is 0 Å². The molecule has 0 atom stereocenters. The van der Waals surface area contributed by atoms with Crippen LogP contribution in [0.3, 0.4) is 0 Å². The van der Waals surface area contributed by atoms with E-state index in [4.69, 9.17) is 5.53 Å². The van der Waals surface area contributed by atoms with Crippen LogP contribution in [0.25, 0.3) is 10.4 Å². The Bertz CT molecular complexity index is 344. The molecule has 0 aromatic heterocycles. The standard InChI is InChI=1S/C8H8N4O/c9-12-11-5-7-2-1-3-8(4-7)10-6-13/h1-4,6H,5H2,(H,10,13). The Morgan fingerprint density at radius 3 is 3.15 bits per heavy atom. The van der Waals surface area contributed by atoms with E-state index in [1.165, 1.54) is 0 Å². The van der Waals surface area contributed by atoms with Gasteiger partial charge in [-0.05, 0) is 23.2 Å². The van der Waals surface area contributed by atoms with Gasteiger partial charge in [-0.1, -0.05) is 17.2 Å². The largest absolute Gasteiger partial charge is 0.329 e. The first kappa shape index (κ1) is 9.09. The fourth-order valence-corrected chi connectivity index (χ4v) is 0.941. The summed E-state index contributed by atoms with van der Waals surface area (Å²) in [7, 11) is 0. The quantitative estimate of drug-likeness (QED) is 0.324. The Morgan fingerprint density at radius 2 is 2.46 bits per heavy atom. The van der Waals surface area contributed by atoms with Crippen molar-refractivity contribution in [1.29, 1.82) is 0 Å². The molecule has 1 aromatic carbocycles. The fourth-order valence-electron chi connectivity index (χ4n) is 0.941. The second-order valence-corrected chi connectivity index (χ2v) is 2.35. The third-order valence-electron chi connectivity index (χ3n) is 1.47. The molecule has 0 bridgehead atoms. The summed E-state index contributed by atoms with van der Waals surface area (Å²) in [4.78, 5) is 12.7. The van der Waals surface area contributed by atoms with Gasteiger partial charge in [0, 0.05) is 10.6 Å². The summed E-state index contributed by atoms with van der Waals surface area (Å²) in [5.74, 6) is 0. The van der Waals surface area contributed by atoms with Crippen LogP contribution in [0.1, 0.15) is 5.56 Å². The molecule has 0 heterocycles. The zero-order valence-electron chi connectivity index (χ0n) is 6.84. The topological polar surface area (TPSA) is 77.9 Å². The van der Waals surface area contributed by atoms with Crippen molar-refractivity contribution in [2.45, 2.75) is 6.54 Å². The molecule has 0 aliphatic heterocycles. The summed E-state index contributed by atoms with van der Waals surface area (Å²) in [5.41, 5.74) is 9.65. The molecule has 5 heteroatoms. The second kappa shape index (κ2) is 4.79. The summed E-state index contributed by atoms with van der Waals surface area (Å²) in [5, 5.41) is 5.92. The maximum absolute atomic E-state index is 10.1. The number of benzene rings is 1. The van der Waals surface area contributed by atoms with Crippen molar-refractivity contribution in [2.75, 3.05) is 5.32 Å². The number of anilines is 1. The van der Waals surface area contributed by atoms with Gasteiger partial charge in [0.1, 0.15) is 0 Å². The number of amides is 1. The van der Waals surface area contributed by atoms with Crippen LogP contribution in [0.4, 0.5) is 5.69 Å². The maximum atomic E-state index is 10.1. The summed E-state index contributed by atoms with van der Waals surface area (Å²) in [6.07, 6.45) is 0.604. The minimum absolute atomic E-state index is 0.297. The molecule has 13 heavy (non-hydrogen) atoms. The van der Waals surface area contributed by atoms with Crippen LogP contribution in [0.2, 0.25) is 0 Å². The highest BCUT2D eigenvalue weighted by Crippen LogP contribution is 2.10. The lowest BCUT2D eigenvalue weighted by atomic mass is 10.2. The molecule has 5 nitrogen and oxygen atoms in total. The van der Waals surface area contributed by atoms with Crippen molar-refractivity contribution in [3.63, 3.8) is 0 Å². The van der Waals surface area contributed by atoms with E-state index in [0.29, 0.717) is 18.6 Å². The molecule has 0 unspecified atom stereocenters. The van der Waals surface area contributed by atoms with Crippen molar-refractivity contribution < 1.29 is 4.79 Å². The molecular weight excluding hydrogens is 168 g/mol. The number of hydrogen-bond acceptors (Lipinski definition) is 2. The smallest absolute Gasteiger partial charge is 0.211 e. The van der Waals surface area contributed by atoms with Gasteiger partial charge in [-0.25, -0.2) is 0 Å². The van der Waals surface area contributed by atoms with E-state index in [1.807, 2.05) is 6.07 Å². The number of nitrogens with one attached hydrogen (secondary N) is 1. The average molecular weight is 176 g/mol. The van der Waals surface area contributed by atoms with E-state index in [0.717, 1.165) is 5.56 Å². The Hall–Kier alpha value is -2.00. The number of rotatable bonds is 4. The first-order valence-corrected chi connectivity index (χ1v) is 3.67. The Morgan fingerprint density at radius 1 is 1.62 bits per heavy atom. The number of nitrogens with zero attached hydrogens (tertiary/aromatic N) is 3. The van der Waals surface area contributed by atoms with Crippen molar-refractivity contribution in [3.8, 4) is 0 Å². The van der Waals surface area contributed by atoms with Gasteiger partial charge in [0.15, 0.2) is 0 Å². The molecule has 0 aliphatic carbocycles. The molecule has 1 aromatic rings. The lowest BCUT2D eigenvalue weighted by Crippen LogP contribution is -1.93. The molecule has 0 aliphatic rings. The SMILES string of the molecule is [N-]=[N+]=NCc1cccc(NC=O)c1. The van der Waals surface area contributed by atoms with Gasteiger partial charge in [0.05, 0.1) is 6.54 Å².